The molecule has 6 nitrogen and oxygen atoms in total. The number of rotatable bonds is 5. The van der Waals surface area contributed by atoms with Gasteiger partial charge in [-0.1, -0.05) is 30.0 Å². The topological polar surface area (TPSA) is 77.3 Å². The third-order valence-electron chi connectivity index (χ3n) is 1.45. The fourth-order valence-electron chi connectivity index (χ4n) is 0.774. The van der Waals surface area contributed by atoms with Gasteiger partial charge in [-0.25, -0.2) is 9.59 Å². The molecule has 0 aromatic carbocycles. The molecule has 0 aliphatic rings. The van der Waals surface area contributed by atoms with E-state index >= 15 is 0 Å². The van der Waals surface area contributed by atoms with E-state index in [4.69, 9.17) is 0 Å². The Hall–Kier alpha value is -1.46. The molecule has 15 heavy (non-hydrogen) atoms. The van der Waals surface area contributed by atoms with Crippen LogP contribution in [0.25, 0.3) is 0 Å². The summed E-state index contributed by atoms with van der Waals surface area (Å²) in [4.78, 5) is 21.5. The molecule has 2 amide bonds. The van der Waals surface area contributed by atoms with Gasteiger partial charge in [-0.3, -0.25) is 0 Å². The standard InChI is InChI=1S/C9H16N2O4/c1-3-5-6-7-15-9(13)11-10-8(12)14-4-2/h3-7H2,1-2H3/b11-10+. The molecule has 86 valence electrons. The van der Waals surface area contributed by atoms with Crippen LogP contribution in [0.1, 0.15) is 33.1 Å². The molecule has 0 N–H and O–H groups in total. The highest BCUT2D eigenvalue weighted by Gasteiger charge is 2.02. The van der Waals surface area contributed by atoms with Gasteiger partial charge in [0.15, 0.2) is 0 Å². The van der Waals surface area contributed by atoms with Gasteiger partial charge < -0.3 is 9.47 Å². The summed E-state index contributed by atoms with van der Waals surface area (Å²) in [6.45, 7) is 4.18. The van der Waals surface area contributed by atoms with E-state index in [2.05, 4.69) is 19.7 Å². The second kappa shape index (κ2) is 9.11. The Balaban J connectivity index is 3.59. The molecule has 0 bridgehead atoms. The van der Waals surface area contributed by atoms with Crippen molar-refractivity contribution in [2.24, 2.45) is 10.2 Å². The zero-order valence-corrected chi connectivity index (χ0v) is 9.06. The van der Waals surface area contributed by atoms with Crippen LogP contribution < -0.4 is 0 Å². The van der Waals surface area contributed by atoms with Crippen LogP contribution in [0.3, 0.4) is 0 Å². The normalized spacial score (nSPS) is 10.3. The second-order valence-corrected chi connectivity index (χ2v) is 2.72. The van der Waals surface area contributed by atoms with Crippen LogP contribution in [0.2, 0.25) is 0 Å². The van der Waals surface area contributed by atoms with Crippen molar-refractivity contribution in [2.75, 3.05) is 13.2 Å². The van der Waals surface area contributed by atoms with Gasteiger partial charge in [0.1, 0.15) is 0 Å². The van der Waals surface area contributed by atoms with Crippen molar-refractivity contribution in [1.29, 1.82) is 0 Å². The molecule has 0 saturated carbocycles. The first kappa shape index (κ1) is 13.5. The van der Waals surface area contributed by atoms with Crippen LogP contribution in [0.5, 0.6) is 0 Å². The first-order valence-electron chi connectivity index (χ1n) is 4.96. The number of unbranched alkanes of at least 4 members (excludes halogenated alkanes) is 2. The predicted octanol–water partition coefficient (Wildman–Crippen LogP) is 2.92. The lowest BCUT2D eigenvalue weighted by molar-refractivity contribution is 0.147. The Morgan fingerprint density at radius 1 is 1.00 bits per heavy atom. The van der Waals surface area contributed by atoms with E-state index in [1.807, 2.05) is 6.92 Å². The molecule has 0 aliphatic carbocycles. The Bertz CT molecular complexity index is 228. The maximum atomic E-state index is 10.8. The fourth-order valence-corrected chi connectivity index (χ4v) is 0.774. The molecule has 0 unspecified atom stereocenters. The molecule has 0 spiro atoms. The van der Waals surface area contributed by atoms with Crippen molar-refractivity contribution < 1.29 is 19.1 Å². The molecule has 0 atom stereocenters. The monoisotopic (exact) mass is 216 g/mol. The molecular formula is C9H16N2O4. The Morgan fingerprint density at radius 3 is 2.13 bits per heavy atom. The smallest absolute Gasteiger partial charge is 0.447 e. The van der Waals surface area contributed by atoms with Crippen LogP contribution >= 0.6 is 0 Å². The van der Waals surface area contributed by atoms with Crippen molar-refractivity contribution in [3.63, 3.8) is 0 Å². The molecular weight excluding hydrogens is 200 g/mol. The lowest BCUT2D eigenvalue weighted by Gasteiger charge is -1.98. The first-order valence-corrected chi connectivity index (χ1v) is 4.96. The van der Waals surface area contributed by atoms with Gasteiger partial charge in [0, 0.05) is 0 Å². The maximum absolute atomic E-state index is 10.8. The highest BCUT2D eigenvalue weighted by atomic mass is 16.6. The minimum absolute atomic E-state index is 0.198. The van der Waals surface area contributed by atoms with Crippen LogP contribution in [0, 0.1) is 0 Å². The van der Waals surface area contributed by atoms with Crippen LogP contribution in [-0.2, 0) is 9.47 Å². The average molecular weight is 216 g/mol. The van der Waals surface area contributed by atoms with Crippen LogP contribution in [0.15, 0.2) is 10.2 Å². The largest absolute Gasteiger partial charge is 0.452 e. The summed E-state index contributed by atoms with van der Waals surface area (Å²) in [5.74, 6) is 0. The zero-order valence-electron chi connectivity index (χ0n) is 9.06. The van der Waals surface area contributed by atoms with E-state index in [1.165, 1.54) is 0 Å². The first-order chi connectivity index (χ1) is 7.20. The Kier molecular flexibility index (Phi) is 8.22. The summed E-state index contributed by atoms with van der Waals surface area (Å²) in [6.07, 6.45) is 1.07. The zero-order chi connectivity index (χ0) is 11.5. The van der Waals surface area contributed by atoms with Crippen molar-refractivity contribution >= 4 is 12.2 Å². The Morgan fingerprint density at radius 2 is 1.60 bits per heavy atom. The summed E-state index contributed by atoms with van der Waals surface area (Å²) in [7, 11) is 0. The maximum Gasteiger partial charge on any atom is 0.452 e. The number of carbonyl (C=O) groups excluding carboxylic acids is 2. The van der Waals surface area contributed by atoms with Gasteiger partial charge in [0.2, 0.25) is 0 Å². The summed E-state index contributed by atoms with van der Waals surface area (Å²) in [5.41, 5.74) is 0. The van der Waals surface area contributed by atoms with Gasteiger partial charge in [-0.05, 0) is 13.3 Å². The fraction of sp³-hybridized carbons (Fsp3) is 0.778. The molecule has 0 saturated heterocycles. The van der Waals surface area contributed by atoms with Crippen LogP contribution in [-0.4, -0.2) is 25.4 Å². The molecule has 0 aromatic rings. The van der Waals surface area contributed by atoms with Crippen molar-refractivity contribution in [2.45, 2.75) is 33.1 Å². The van der Waals surface area contributed by atoms with Gasteiger partial charge in [-0.2, -0.15) is 0 Å². The quantitative estimate of drug-likeness (QED) is 0.522. The highest BCUT2D eigenvalue weighted by Crippen LogP contribution is 1.96. The van der Waals surface area contributed by atoms with E-state index in [-0.39, 0.29) is 6.61 Å². The molecule has 0 fully saturated rings. The number of hydrogen-bond acceptors (Lipinski definition) is 4. The van der Waals surface area contributed by atoms with Gasteiger partial charge in [0.05, 0.1) is 13.2 Å². The summed E-state index contributed by atoms with van der Waals surface area (Å²) in [6, 6.07) is 0. The van der Waals surface area contributed by atoms with Gasteiger partial charge in [0.25, 0.3) is 0 Å². The molecule has 0 aromatic heterocycles. The minimum Gasteiger partial charge on any atom is -0.447 e. The number of carbonyl (C=O) groups is 2. The third kappa shape index (κ3) is 8.86. The molecule has 0 radical (unpaired) electrons. The lowest BCUT2D eigenvalue weighted by Crippen LogP contribution is -2.02. The van der Waals surface area contributed by atoms with Crippen molar-refractivity contribution in [3.8, 4) is 0 Å². The number of nitrogens with zero attached hydrogens (tertiary/aromatic N) is 2. The van der Waals surface area contributed by atoms with Gasteiger partial charge >= 0.3 is 12.2 Å². The van der Waals surface area contributed by atoms with Crippen molar-refractivity contribution in [3.05, 3.63) is 0 Å². The average Bonchev–Trinajstić information content (AvgIpc) is 2.22. The summed E-state index contributed by atoms with van der Waals surface area (Å²) >= 11 is 0. The molecule has 0 rings (SSSR count). The summed E-state index contributed by atoms with van der Waals surface area (Å²) < 4.78 is 9.09. The second-order valence-electron chi connectivity index (χ2n) is 2.72. The van der Waals surface area contributed by atoms with Crippen molar-refractivity contribution in [1.82, 2.24) is 0 Å². The number of ether oxygens (including phenoxy) is 2. The van der Waals surface area contributed by atoms with Crippen LogP contribution in [0.4, 0.5) is 9.59 Å². The SMILES string of the molecule is CCCCCOC(=O)/N=N/C(=O)OCC. The number of amides is 2. The molecule has 6 heteroatoms. The van der Waals surface area contributed by atoms with Gasteiger partial charge in [-0.15, -0.1) is 0 Å². The minimum atomic E-state index is -0.886. The lowest BCUT2D eigenvalue weighted by atomic mass is 10.3. The highest BCUT2D eigenvalue weighted by molar-refractivity contribution is 5.73. The van der Waals surface area contributed by atoms with E-state index in [9.17, 15) is 9.59 Å². The predicted molar refractivity (Wildman–Crippen MR) is 52.8 cm³/mol. The third-order valence-corrected chi connectivity index (χ3v) is 1.45. The Labute approximate surface area is 88.7 Å². The number of hydrogen-bond donors (Lipinski definition) is 0. The van der Waals surface area contributed by atoms with E-state index in [0.29, 0.717) is 6.61 Å². The molecule has 0 aliphatic heterocycles. The van der Waals surface area contributed by atoms with E-state index in [0.717, 1.165) is 19.3 Å². The number of azo groups is 1. The molecule has 0 heterocycles. The van der Waals surface area contributed by atoms with E-state index < -0.39 is 12.2 Å². The summed E-state index contributed by atoms with van der Waals surface area (Å²) in [5, 5.41) is 6.03. The van der Waals surface area contributed by atoms with E-state index in [1.54, 1.807) is 6.92 Å².